The minimum absolute atomic E-state index is 0.00766. The molecule has 5 nitrogen and oxygen atoms in total. The molecule has 1 aliphatic rings. The highest BCUT2D eigenvalue weighted by atomic mass is 16.5. The first-order valence-electron chi connectivity index (χ1n) is 6.60. The summed E-state index contributed by atoms with van der Waals surface area (Å²) >= 11 is 0. The van der Waals surface area contributed by atoms with Gasteiger partial charge in [0.25, 0.3) is 5.89 Å². The van der Waals surface area contributed by atoms with Gasteiger partial charge in [0.1, 0.15) is 11.5 Å². The van der Waals surface area contributed by atoms with Crippen molar-refractivity contribution in [3.05, 3.63) is 24.0 Å². The Morgan fingerprint density at radius 2 is 1.89 bits per heavy atom. The van der Waals surface area contributed by atoms with Crippen molar-refractivity contribution in [2.45, 2.75) is 38.0 Å². The van der Waals surface area contributed by atoms with Gasteiger partial charge in [-0.2, -0.15) is 4.98 Å². The summed E-state index contributed by atoms with van der Waals surface area (Å²) in [6, 6.07) is 4.32. The smallest absolute Gasteiger partial charge is 0.261 e. The zero-order chi connectivity index (χ0) is 13.2. The summed E-state index contributed by atoms with van der Waals surface area (Å²) < 4.78 is 5.22. The number of aromatic hydroxyl groups is 2. The first-order valence-corrected chi connectivity index (χ1v) is 6.60. The van der Waals surface area contributed by atoms with Gasteiger partial charge in [-0.1, -0.05) is 24.4 Å². The van der Waals surface area contributed by atoms with E-state index in [-0.39, 0.29) is 11.5 Å². The fraction of sp³-hybridized carbons (Fsp3) is 0.429. The Hall–Kier alpha value is -2.04. The van der Waals surface area contributed by atoms with Gasteiger partial charge in [0.2, 0.25) is 0 Å². The van der Waals surface area contributed by atoms with Gasteiger partial charge in [-0.15, -0.1) is 0 Å². The standard InChI is InChI=1S/C14H16N2O3/c17-10-6-7-11(12(18)8-10)14-15-13(16-19-14)9-4-2-1-3-5-9/h6-9,17-18H,1-5H2. The van der Waals surface area contributed by atoms with Crippen molar-refractivity contribution in [1.29, 1.82) is 0 Å². The molecule has 0 aliphatic heterocycles. The largest absolute Gasteiger partial charge is 0.508 e. The van der Waals surface area contributed by atoms with E-state index in [2.05, 4.69) is 10.1 Å². The molecule has 0 radical (unpaired) electrons. The molecule has 0 spiro atoms. The zero-order valence-electron chi connectivity index (χ0n) is 10.5. The molecule has 100 valence electrons. The average Bonchev–Trinajstić information content (AvgIpc) is 2.89. The summed E-state index contributed by atoms with van der Waals surface area (Å²) in [6.45, 7) is 0. The molecule has 1 saturated carbocycles. The molecule has 3 rings (SSSR count). The summed E-state index contributed by atoms with van der Waals surface area (Å²) in [5, 5.41) is 23.1. The summed E-state index contributed by atoms with van der Waals surface area (Å²) in [4.78, 5) is 4.38. The van der Waals surface area contributed by atoms with E-state index in [1.54, 1.807) is 6.07 Å². The highest BCUT2D eigenvalue weighted by molar-refractivity contribution is 5.63. The second-order valence-corrected chi connectivity index (χ2v) is 4.99. The molecule has 0 bridgehead atoms. The Balaban J connectivity index is 1.87. The number of phenolic OH excluding ortho intramolecular Hbond substituents is 2. The van der Waals surface area contributed by atoms with E-state index in [1.807, 2.05) is 0 Å². The van der Waals surface area contributed by atoms with Crippen molar-refractivity contribution in [1.82, 2.24) is 10.1 Å². The summed E-state index contributed by atoms with van der Waals surface area (Å²) in [7, 11) is 0. The maximum Gasteiger partial charge on any atom is 0.261 e. The maximum absolute atomic E-state index is 9.78. The number of aromatic nitrogens is 2. The molecule has 5 heteroatoms. The van der Waals surface area contributed by atoms with Crippen LogP contribution in [0, 0.1) is 0 Å². The molecule has 0 atom stereocenters. The van der Waals surface area contributed by atoms with Crippen LogP contribution in [0.15, 0.2) is 22.7 Å². The number of benzene rings is 1. The van der Waals surface area contributed by atoms with E-state index in [9.17, 15) is 10.2 Å². The van der Waals surface area contributed by atoms with Gasteiger partial charge >= 0.3 is 0 Å². The topological polar surface area (TPSA) is 79.4 Å². The first-order chi connectivity index (χ1) is 9.24. The minimum atomic E-state index is -0.0566. The van der Waals surface area contributed by atoms with E-state index in [1.165, 1.54) is 31.4 Å². The molecule has 0 unspecified atom stereocenters. The van der Waals surface area contributed by atoms with Crippen LogP contribution in [-0.2, 0) is 0 Å². The summed E-state index contributed by atoms with van der Waals surface area (Å²) in [5.41, 5.74) is 0.451. The van der Waals surface area contributed by atoms with Crippen molar-refractivity contribution in [3.8, 4) is 23.0 Å². The second kappa shape index (κ2) is 4.91. The van der Waals surface area contributed by atoms with Gasteiger partial charge in [0, 0.05) is 12.0 Å². The van der Waals surface area contributed by atoms with Crippen LogP contribution in [0.3, 0.4) is 0 Å². The van der Waals surface area contributed by atoms with Gasteiger partial charge in [0.05, 0.1) is 5.56 Å². The highest BCUT2D eigenvalue weighted by Crippen LogP contribution is 2.34. The molecular formula is C14H16N2O3. The SMILES string of the molecule is Oc1ccc(-c2nc(C3CCCCC3)no2)c(O)c1. The van der Waals surface area contributed by atoms with Gasteiger partial charge < -0.3 is 14.7 Å². The highest BCUT2D eigenvalue weighted by Gasteiger charge is 2.22. The van der Waals surface area contributed by atoms with Gasteiger partial charge in [0.15, 0.2) is 5.82 Å². The van der Waals surface area contributed by atoms with Crippen molar-refractivity contribution in [2.24, 2.45) is 0 Å². The number of nitrogens with zero attached hydrogens (tertiary/aromatic N) is 2. The molecule has 1 aromatic carbocycles. The van der Waals surface area contributed by atoms with Crippen molar-refractivity contribution < 1.29 is 14.7 Å². The second-order valence-electron chi connectivity index (χ2n) is 4.99. The molecule has 2 N–H and O–H groups in total. The lowest BCUT2D eigenvalue weighted by Gasteiger charge is -2.17. The molecule has 1 fully saturated rings. The molecule has 2 aromatic rings. The van der Waals surface area contributed by atoms with E-state index < -0.39 is 0 Å². The Morgan fingerprint density at radius 3 is 2.63 bits per heavy atom. The number of hydrogen-bond acceptors (Lipinski definition) is 5. The molecule has 1 aromatic heterocycles. The quantitative estimate of drug-likeness (QED) is 0.866. The van der Waals surface area contributed by atoms with Crippen LogP contribution in [0.25, 0.3) is 11.5 Å². The molecule has 19 heavy (non-hydrogen) atoms. The molecule has 1 aliphatic carbocycles. The van der Waals surface area contributed by atoms with Crippen molar-refractivity contribution >= 4 is 0 Å². The number of hydrogen-bond donors (Lipinski definition) is 2. The van der Waals surface area contributed by atoms with Crippen molar-refractivity contribution in [3.63, 3.8) is 0 Å². The normalized spacial score (nSPS) is 16.6. The van der Waals surface area contributed by atoms with Crippen LogP contribution < -0.4 is 0 Å². The van der Waals surface area contributed by atoms with Crippen LogP contribution in [-0.4, -0.2) is 20.4 Å². The fourth-order valence-electron chi connectivity index (χ4n) is 2.57. The van der Waals surface area contributed by atoms with E-state index in [0.29, 0.717) is 17.4 Å². The van der Waals surface area contributed by atoms with E-state index >= 15 is 0 Å². The maximum atomic E-state index is 9.78. The van der Waals surface area contributed by atoms with E-state index in [0.717, 1.165) is 18.7 Å². The number of rotatable bonds is 2. The van der Waals surface area contributed by atoms with Crippen LogP contribution in [0.5, 0.6) is 11.5 Å². The first kappa shape index (κ1) is 12.0. The lowest BCUT2D eigenvalue weighted by Crippen LogP contribution is -2.06. The number of phenols is 2. The molecular weight excluding hydrogens is 244 g/mol. The lowest BCUT2D eigenvalue weighted by atomic mass is 9.89. The average molecular weight is 260 g/mol. The lowest BCUT2D eigenvalue weighted by molar-refractivity contribution is 0.384. The van der Waals surface area contributed by atoms with Gasteiger partial charge in [-0.25, -0.2) is 0 Å². The third-order valence-corrected chi connectivity index (χ3v) is 3.62. The fourth-order valence-corrected chi connectivity index (χ4v) is 2.57. The van der Waals surface area contributed by atoms with Crippen LogP contribution in [0.4, 0.5) is 0 Å². The summed E-state index contributed by atoms with van der Waals surface area (Å²) in [6.07, 6.45) is 5.89. The summed E-state index contributed by atoms with van der Waals surface area (Å²) in [5.74, 6) is 1.35. The minimum Gasteiger partial charge on any atom is -0.508 e. The van der Waals surface area contributed by atoms with Crippen LogP contribution in [0.1, 0.15) is 43.8 Å². The molecule has 0 saturated heterocycles. The van der Waals surface area contributed by atoms with E-state index in [4.69, 9.17) is 4.52 Å². The predicted octanol–water partition coefficient (Wildman–Crippen LogP) is 3.20. The third kappa shape index (κ3) is 2.41. The Bertz CT molecular complexity index is 574. The van der Waals surface area contributed by atoms with Crippen molar-refractivity contribution in [2.75, 3.05) is 0 Å². The monoisotopic (exact) mass is 260 g/mol. The molecule has 1 heterocycles. The Kier molecular flexibility index (Phi) is 3.11. The predicted molar refractivity (Wildman–Crippen MR) is 68.9 cm³/mol. The third-order valence-electron chi connectivity index (χ3n) is 3.62. The Labute approximate surface area is 110 Å². The zero-order valence-corrected chi connectivity index (χ0v) is 10.5. The van der Waals surface area contributed by atoms with Gasteiger partial charge in [-0.3, -0.25) is 0 Å². The van der Waals surface area contributed by atoms with Crippen LogP contribution >= 0.6 is 0 Å². The molecule has 0 amide bonds. The van der Waals surface area contributed by atoms with Crippen LogP contribution in [0.2, 0.25) is 0 Å². The van der Waals surface area contributed by atoms with Gasteiger partial charge in [-0.05, 0) is 25.0 Å². The Morgan fingerprint density at radius 1 is 1.11 bits per heavy atom.